The molecule has 0 saturated carbocycles. The molecule has 0 radical (unpaired) electrons. The van der Waals surface area contributed by atoms with Gasteiger partial charge in [-0.05, 0) is 43.5 Å². The van der Waals surface area contributed by atoms with E-state index in [9.17, 15) is 13.2 Å². The van der Waals surface area contributed by atoms with Crippen LogP contribution in [0.3, 0.4) is 0 Å². The summed E-state index contributed by atoms with van der Waals surface area (Å²) >= 11 is 0. The Bertz CT molecular complexity index is 443. The maximum absolute atomic E-state index is 13.0. The lowest BCUT2D eigenvalue weighted by Gasteiger charge is -2.17. The van der Waals surface area contributed by atoms with Crippen LogP contribution in [-0.4, -0.2) is 25.9 Å². The average Bonchev–Trinajstić information content (AvgIpc) is 2.89. The van der Waals surface area contributed by atoms with Gasteiger partial charge in [0.15, 0.2) is 0 Å². The van der Waals surface area contributed by atoms with Gasteiger partial charge < -0.3 is 15.2 Å². The molecule has 20 heavy (non-hydrogen) atoms. The molecule has 1 atom stereocenters. The highest BCUT2D eigenvalue weighted by molar-refractivity contribution is 5.39. The van der Waals surface area contributed by atoms with E-state index in [0.29, 0.717) is 25.1 Å². The fourth-order valence-electron chi connectivity index (χ4n) is 2.21. The van der Waals surface area contributed by atoms with Crippen molar-refractivity contribution in [2.75, 3.05) is 19.8 Å². The van der Waals surface area contributed by atoms with Crippen molar-refractivity contribution in [1.82, 2.24) is 0 Å². The van der Waals surface area contributed by atoms with E-state index in [1.807, 2.05) is 0 Å². The van der Waals surface area contributed by atoms with Crippen molar-refractivity contribution in [3.05, 3.63) is 29.3 Å². The largest absolute Gasteiger partial charge is 0.490 e. The second-order valence-electron chi connectivity index (χ2n) is 4.81. The Morgan fingerprint density at radius 1 is 1.35 bits per heavy atom. The summed E-state index contributed by atoms with van der Waals surface area (Å²) in [7, 11) is 0. The van der Waals surface area contributed by atoms with Crippen molar-refractivity contribution < 1.29 is 22.6 Å². The predicted octanol–water partition coefficient (Wildman–Crippen LogP) is 2.76. The minimum Gasteiger partial charge on any atom is -0.490 e. The quantitative estimate of drug-likeness (QED) is 0.906. The number of ether oxygens (including phenoxy) is 2. The lowest BCUT2D eigenvalue weighted by Crippen LogP contribution is -2.18. The van der Waals surface area contributed by atoms with Gasteiger partial charge in [0.25, 0.3) is 0 Å². The lowest BCUT2D eigenvalue weighted by atomic mass is 10.1. The van der Waals surface area contributed by atoms with E-state index in [2.05, 4.69) is 0 Å². The number of benzene rings is 1. The van der Waals surface area contributed by atoms with Crippen LogP contribution >= 0.6 is 0 Å². The minimum atomic E-state index is -4.43. The predicted molar refractivity (Wildman–Crippen MR) is 68.7 cm³/mol. The molecule has 0 amide bonds. The van der Waals surface area contributed by atoms with Gasteiger partial charge in [-0.1, -0.05) is 6.07 Å². The SMILES string of the molecule is NCCc1ccc(OCC2CCCO2)c(C(F)(F)F)c1. The van der Waals surface area contributed by atoms with Gasteiger partial charge in [0, 0.05) is 6.61 Å². The number of halogens is 3. The summed E-state index contributed by atoms with van der Waals surface area (Å²) < 4.78 is 49.7. The molecule has 2 rings (SSSR count). The topological polar surface area (TPSA) is 44.5 Å². The van der Waals surface area contributed by atoms with Gasteiger partial charge in [0.2, 0.25) is 0 Å². The highest BCUT2D eigenvalue weighted by Gasteiger charge is 2.35. The fraction of sp³-hybridized carbons (Fsp3) is 0.571. The van der Waals surface area contributed by atoms with Crippen LogP contribution < -0.4 is 10.5 Å². The third-order valence-corrected chi connectivity index (χ3v) is 3.23. The Morgan fingerprint density at radius 2 is 2.15 bits per heavy atom. The number of hydrogen-bond acceptors (Lipinski definition) is 3. The van der Waals surface area contributed by atoms with Gasteiger partial charge in [-0.2, -0.15) is 13.2 Å². The second-order valence-corrected chi connectivity index (χ2v) is 4.81. The van der Waals surface area contributed by atoms with Gasteiger partial charge in [0.1, 0.15) is 12.4 Å². The third kappa shape index (κ3) is 3.86. The molecule has 0 aliphatic carbocycles. The standard InChI is InChI=1S/C14H18F3NO2/c15-14(16,17)12-8-10(5-6-18)3-4-13(12)20-9-11-2-1-7-19-11/h3-4,8,11H,1-2,5-7,9,18H2. The Kier molecular flexibility index (Phi) is 4.88. The third-order valence-electron chi connectivity index (χ3n) is 3.23. The molecule has 1 saturated heterocycles. The molecular formula is C14H18F3NO2. The summed E-state index contributed by atoms with van der Waals surface area (Å²) in [5.74, 6) is -0.145. The van der Waals surface area contributed by atoms with Crippen molar-refractivity contribution in [2.24, 2.45) is 5.73 Å². The fourth-order valence-corrected chi connectivity index (χ4v) is 2.21. The molecule has 1 aromatic carbocycles. The monoisotopic (exact) mass is 289 g/mol. The van der Waals surface area contributed by atoms with E-state index >= 15 is 0 Å². The van der Waals surface area contributed by atoms with Crippen molar-refractivity contribution in [3.8, 4) is 5.75 Å². The smallest absolute Gasteiger partial charge is 0.419 e. The minimum absolute atomic E-state index is 0.111. The first-order valence-corrected chi connectivity index (χ1v) is 6.65. The molecule has 1 heterocycles. The van der Waals surface area contributed by atoms with Crippen molar-refractivity contribution >= 4 is 0 Å². The molecule has 1 unspecified atom stereocenters. The van der Waals surface area contributed by atoms with Gasteiger partial charge >= 0.3 is 6.18 Å². The molecule has 1 aliphatic heterocycles. The van der Waals surface area contributed by atoms with Gasteiger partial charge in [-0.3, -0.25) is 0 Å². The Balaban J connectivity index is 2.13. The zero-order chi connectivity index (χ0) is 14.6. The van der Waals surface area contributed by atoms with Crippen LogP contribution in [0.1, 0.15) is 24.0 Å². The summed E-state index contributed by atoms with van der Waals surface area (Å²) in [4.78, 5) is 0. The van der Waals surface area contributed by atoms with E-state index in [4.69, 9.17) is 15.2 Å². The van der Waals surface area contributed by atoms with E-state index in [0.717, 1.165) is 18.9 Å². The Labute approximate surface area is 115 Å². The Hall–Kier alpha value is -1.27. The van der Waals surface area contributed by atoms with Crippen molar-refractivity contribution in [1.29, 1.82) is 0 Å². The highest BCUT2D eigenvalue weighted by Crippen LogP contribution is 2.37. The number of nitrogens with two attached hydrogens (primary N) is 1. The number of alkyl halides is 3. The zero-order valence-corrected chi connectivity index (χ0v) is 11.1. The van der Waals surface area contributed by atoms with E-state index in [-0.39, 0.29) is 18.5 Å². The van der Waals surface area contributed by atoms with Crippen LogP contribution in [0, 0.1) is 0 Å². The van der Waals surface area contributed by atoms with Gasteiger partial charge in [-0.25, -0.2) is 0 Å². The first kappa shape index (κ1) is 15.1. The van der Waals surface area contributed by atoms with Gasteiger partial charge in [-0.15, -0.1) is 0 Å². The summed E-state index contributed by atoms with van der Waals surface area (Å²) in [5, 5.41) is 0. The number of hydrogen-bond donors (Lipinski definition) is 1. The maximum Gasteiger partial charge on any atom is 0.419 e. The summed E-state index contributed by atoms with van der Waals surface area (Å²) in [6, 6.07) is 4.09. The summed E-state index contributed by atoms with van der Waals surface area (Å²) in [6.07, 6.45) is -2.38. The van der Waals surface area contributed by atoms with Crippen LogP contribution in [0.2, 0.25) is 0 Å². The van der Waals surface area contributed by atoms with Crippen LogP contribution in [-0.2, 0) is 17.3 Å². The molecule has 6 heteroatoms. The highest BCUT2D eigenvalue weighted by atomic mass is 19.4. The van der Waals surface area contributed by atoms with E-state index in [1.165, 1.54) is 6.07 Å². The Morgan fingerprint density at radius 3 is 2.75 bits per heavy atom. The van der Waals surface area contributed by atoms with Crippen LogP contribution in [0.25, 0.3) is 0 Å². The van der Waals surface area contributed by atoms with E-state index in [1.54, 1.807) is 6.07 Å². The van der Waals surface area contributed by atoms with Crippen molar-refractivity contribution in [2.45, 2.75) is 31.5 Å². The first-order valence-electron chi connectivity index (χ1n) is 6.65. The zero-order valence-electron chi connectivity index (χ0n) is 11.1. The molecule has 1 fully saturated rings. The molecule has 0 bridgehead atoms. The molecule has 2 N–H and O–H groups in total. The van der Waals surface area contributed by atoms with Gasteiger partial charge in [0.05, 0.1) is 11.7 Å². The average molecular weight is 289 g/mol. The normalized spacial score (nSPS) is 19.3. The summed E-state index contributed by atoms with van der Waals surface area (Å²) in [5.41, 5.74) is 5.18. The second kappa shape index (κ2) is 6.45. The molecule has 3 nitrogen and oxygen atoms in total. The molecular weight excluding hydrogens is 271 g/mol. The molecule has 0 spiro atoms. The number of rotatable bonds is 5. The lowest BCUT2D eigenvalue weighted by molar-refractivity contribution is -0.139. The van der Waals surface area contributed by atoms with Crippen LogP contribution in [0.4, 0.5) is 13.2 Å². The molecule has 1 aromatic rings. The molecule has 1 aliphatic rings. The molecule has 112 valence electrons. The van der Waals surface area contributed by atoms with Crippen LogP contribution in [0.15, 0.2) is 18.2 Å². The maximum atomic E-state index is 13.0. The van der Waals surface area contributed by atoms with E-state index < -0.39 is 11.7 Å². The van der Waals surface area contributed by atoms with Crippen molar-refractivity contribution in [3.63, 3.8) is 0 Å². The van der Waals surface area contributed by atoms with Crippen LogP contribution in [0.5, 0.6) is 5.75 Å². The molecule has 0 aromatic heterocycles. The summed E-state index contributed by atoms with van der Waals surface area (Å²) in [6.45, 7) is 1.11. The first-order chi connectivity index (χ1) is 9.50.